The average Bonchev–Trinajstić information content (AvgIpc) is 2.95. The fourth-order valence-corrected chi connectivity index (χ4v) is 3.74. The summed E-state index contributed by atoms with van der Waals surface area (Å²) in [5, 5.41) is 12.0. The third-order valence-electron chi connectivity index (χ3n) is 2.93. The molecule has 2 N–H and O–H groups in total. The summed E-state index contributed by atoms with van der Waals surface area (Å²) in [5.74, 6) is 3.17. The Morgan fingerprint density at radius 2 is 2.43 bits per heavy atom. The molecule has 0 saturated carbocycles. The summed E-state index contributed by atoms with van der Waals surface area (Å²) in [6.07, 6.45) is 5.19. The molecule has 1 heterocycles. The summed E-state index contributed by atoms with van der Waals surface area (Å²) >= 11 is 4.98. The molecule has 2 rings (SSSR count). The first-order valence-corrected chi connectivity index (χ1v) is 7.95. The first-order chi connectivity index (χ1) is 10.1. The molecule has 1 aliphatic rings. The van der Waals surface area contributed by atoms with Crippen LogP contribution in [0.2, 0.25) is 0 Å². The average molecular weight is 372 g/mol. The van der Waals surface area contributed by atoms with Gasteiger partial charge in [0, 0.05) is 5.75 Å². The Labute approximate surface area is 135 Å². The molecule has 0 radical (unpaired) electrons. The second kappa shape index (κ2) is 7.07. The first-order valence-electron chi connectivity index (χ1n) is 6.11. The zero-order valence-corrected chi connectivity index (χ0v) is 13.7. The number of thioether (sulfide) groups is 1. The maximum absolute atomic E-state index is 11.0. The molecule has 0 amide bonds. The van der Waals surface area contributed by atoms with Gasteiger partial charge in [0.25, 0.3) is 0 Å². The summed E-state index contributed by atoms with van der Waals surface area (Å²) in [7, 11) is 1.55. The molecule has 7 heteroatoms. The van der Waals surface area contributed by atoms with E-state index in [0.29, 0.717) is 21.7 Å². The van der Waals surface area contributed by atoms with Crippen molar-refractivity contribution < 1.29 is 19.4 Å². The van der Waals surface area contributed by atoms with E-state index in [1.165, 1.54) is 0 Å². The van der Waals surface area contributed by atoms with Crippen molar-refractivity contribution in [2.24, 2.45) is 0 Å². The van der Waals surface area contributed by atoms with Crippen LogP contribution in [0.4, 0.5) is 0 Å². The Bertz CT molecular complexity index is 587. The van der Waals surface area contributed by atoms with Crippen molar-refractivity contribution in [2.75, 3.05) is 19.5 Å². The number of aliphatic carboxylic acids is 1. The summed E-state index contributed by atoms with van der Waals surface area (Å²) < 4.78 is 11.5. The Balaban J connectivity index is 2.24. The smallest absolute Gasteiger partial charge is 0.321 e. The summed E-state index contributed by atoms with van der Waals surface area (Å²) in [5.41, 5.74) is 0.917. The third-order valence-corrected chi connectivity index (χ3v) is 4.79. The number of methoxy groups -OCH3 is 1. The molecule has 112 valence electrons. The molecular weight excluding hydrogens is 358 g/mol. The first kappa shape index (κ1) is 16.0. The lowest BCUT2D eigenvalue weighted by atomic mass is 10.2. The lowest BCUT2D eigenvalue weighted by Crippen LogP contribution is -2.33. The number of carboxylic acid groups (broad SMARTS) is 1. The second-order valence-corrected chi connectivity index (χ2v) is 6.29. The van der Waals surface area contributed by atoms with Gasteiger partial charge in [-0.3, -0.25) is 10.1 Å². The number of hydrogen-bond donors (Lipinski definition) is 2. The van der Waals surface area contributed by atoms with Gasteiger partial charge in [0.2, 0.25) is 0 Å². The van der Waals surface area contributed by atoms with Crippen LogP contribution in [-0.2, 0) is 4.79 Å². The van der Waals surface area contributed by atoms with Crippen molar-refractivity contribution in [3.63, 3.8) is 0 Å². The van der Waals surface area contributed by atoms with E-state index in [1.807, 2.05) is 12.1 Å². The van der Waals surface area contributed by atoms with E-state index in [-0.39, 0.29) is 12.0 Å². The maximum atomic E-state index is 11.0. The van der Waals surface area contributed by atoms with Gasteiger partial charge in [0.15, 0.2) is 11.5 Å². The van der Waals surface area contributed by atoms with Crippen molar-refractivity contribution in [3.05, 3.63) is 22.2 Å². The quantitative estimate of drug-likeness (QED) is 0.773. The van der Waals surface area contributed by atoms with E-state index in [4.69, 9.17) is 21.0 Å². The number of carbonyl (C=O) groups is 1. The molecule has 1 aromatic carbocycles. The van der Waals surface area contributed by atoms with Gasteiger partial charge in [-0.2, -0.15) is 0 Å². The highest BCUT2D eigenvalue weighted by molar-refractivity contribution is 9.10. The predicted octanol–water partition coefficient (Wildman–Crippen LogP) is 2.26. The van der Waals surface area contributed by atoms with Crippen LogP contribution in [0, 0.1) is 12.3 Å². The molecule has 0 unspecified atom stereocenters. The maximum Gasteiger partial charge on any atom is 0.321 e. The zero-order valence-electron chi connectivity index (χ0n) is 11.3. The Kier molecular flexibility index (Phi) is 5.39. The van der Waals surface area contributed by atoms with Gasteiger partial charge in [-0.05, 0) is 33.6 Å². The van der Waals surface area contributed by atoms with Crippen LogP contribution >= 0.6 is 27.7 Å². The van der Waals surface area contributed by atoms with E-state index < -0.39 is 12.0 Å². The lowest BCUT2D eigenvalue weighted by molar-refractivity contribution is -0.138. The van der Waals surface area contributed by atoms with Gasteiger partial charge in [0.05, 0.1) is 17.0 Å². The van der Waals surface area contributed by atoms with Crippen molar-refractivity contribution in [3.8, 4) is 23.8 Å². The number of rotatable bonds is 5. The summed E-state index contributed by atoms with van der Waals surface area (Å²) in [6.45, 7) is 0.145. The van der Waals surface area contributed by atoms with Crippen LogP contribution in [0.25, 0.3) is 0 Å². The molecule has 21 heavy (non-hydrogen) atoms. The van der Waals surface area contributed by atoms with Crippen LogP contribution in [0.1, 0.15) is 10.9 Å². The number of halogens is 1. The van der Waals surface area contributed by atoms with Crippen LogP contribution in [0.5, 0.6) is 11.5 Å². The fourth-order valence-electron chi connectivity index (χ4n) is 1.95. The van der Waals surface area contributed by atoms with Gasteiger partial charge in [-0.1, -0.05) is 5.92 Å². The Morgan fingerprint density at radius 3 is 3.00 bits per heavy atom. The van der Waals surface area contributed by atoms with Crippen molar-refractivity contribution in [1.29, 1.82) is 0 Å². The largest absolute Gasteiger partial charge is 0.493 e. The number of benzene rings is 1. The van der Waals surface area contributed by atoms with Gasteiger partial charge >= 0.3 is 5.97 Å². The predicted molar refractivity (Wildman–Crippen MR) is 84.8 cm³/mol. The molecule has 0 aliphatic carbocycles. The molecule has 5 nitrogen and oxygen atoms in total. The standard InChI is InChI=1S/C14H14BrNO4S/c1-3-4-20-12-9(15)5-8(6-11(12)19-2)13-16-10(7-21-13)14(17)18/h1,5-6,10,13,16H,4,7H2,2H3,(H,17,18)/t10-,13-/m0/s1. The third kappa shape index (κ3) is 3.64. The Morgan fingerprint density at radius 1 is 1.67 bits per heavy atom. The van der Waals surface area contributed by atoms with Crippen molar-refractivity contribution in [1.82, 2.24) is 5.32 Å². The van der Waals surface area contributed by atoms with E-state index in [9.17, 15) is 4.79 Å². The number of hydrogen-bond acceptors (Lipinski definition) is 5. The van der Waals surface area contributed by atoms with Crippen molar-refractivity contribution in [2.45, 2.75) is 11.4 Å². The number of carboxylic acids is 1. The normalized spacial score (nSPS) is 20.8. The molecule has 0 spiro atoms. The fraction of sp³-hybridized carbons (Fsp3) is 0.357. The Hall–Kier alpha value is -1.36. The number of terminal acetylenes is 1. The highest BCUT2D eigenvalue weighted by Crippen LogP contribution is 2.41. The topological polar surface area (TPSA) is 67.8 Å². The van der Waals surface area contributed by atoms with E-state index >= 15 is 0 Å². The van der Waals surface area contributed by atoms with Gasteiger partial charge < -0.3 is 14.6 Å². The minimum atomic E-state index is -0.843. The number of nitrogens with one attached hydrogen (secondary N) is 1. The molecule has 1 aromatic rings. The minimum absolute atomic E-state index is 0.0991. The van der Waals surface area contributed by atoms with Gasteiger partial charge in [-0.15, -0.1) is 18.2 Å². The highest BCUT2D eigenvalue weighted by Gasteiger charge is 2.31. The zero-order chi connectivity index (χ0) is 15.4. The SMILES string of the molecule is C#CCOc1c(Br)cc([C@H]2N[C@H](C(=O)O)CS2)cc1OC. The molecule has 0 aromatic heterocycles. The monoisotopic (exact) mass is 371 g/mol. The lowest BCUT2D eigenvalue weighted by Gasteiger charge is -2.16. The molecule has 2 atom stereocenters. The van der Waals surface area contributed by atoms with E-state index in [0.717, 1.165) is 5.56 Å². The summed E-state index contributed by atoms with van der Waals surface area (Å²) in [4.78, 5) is 11.0. The van der Waals surface area contributed by atoms with Gasteiger partial charge in [0.1, 0.15) is 12.6 Å². The van der Waals surface area contributed by atoms with E-state index in [1.54, 1.807) is 18.9 Å². The number of ether oxygens (including phenoxy) is 2. The van der Waals surface area contributed by atoms with Crippen molar-refractivity contribution >= 4 is 33.7 Å². The highest BCUT2D eigenvalue weighted by atomic mass is 79.9. The molecule has 1 saturated heterocycles. The van der Waals surface area contributed by atoms with Crippen LogP contribution < -0.4 is 14.8 Å². The second-order valence-electron chi connectivity index (χ2n) is 4.30. The van der Waals surface area contributed by atoms with Crippen LogP contribution in [-0.4, -0.2) is 36.6 Å². The molecule has 0 bridgehead atoms. The van der Waals surface area contributed by atoms with Crippen LogP contribution in [0.15, 0.2) is 16.6 Å². The summed E-state index contributed by atoms with van der Waals surface area (Å²) in [6, 6.07) is 3.16. The van der Waals surface area contributed by atoms with E-state index in [2.05, 4.69) is 27.2 Å². The minimum Gasteiger partial charge on any atom is -0.493 e. The molecule has 1 fully saturated rings. The van der Waals surface area contributed by atoms with Gasteiger partial charge in [-0.25, -0.2) is 0 Å². The molecular formula is C14H14BrNO4S. The van der Waals surface area contributed by atoms with Crippen LogP contribution in [0.3, 0.4) is 0 Å². The molecule has 1 aliphatic heterocycles.